The topological polar surface area (TPSA) is 55.0 Å². The zero-order valence-corrected chi connectivity index (χ0v) is 12.5. The molecule has 0 aromatic carbocycles. The molecule has 19 heavy (non-hydrogen) atoms. The number of aromatic nitrogens is 2. The number of thiophene rings is 1. The van der Waals surface area contributed by atoms with E-state index >= 15 is 0 Å². The minimum absolute atomic E-state index is 0.00526. The third-order valence-corrected chi connectivity index (χ3v) is 3.88. The molecule has 0 saturated carbocycles. The highest BCUT2D eigenvalue weighted by Gasteiger charge is 2.12. The first-order chi connectivity index (χ1) is 9.11. The Hall–Kier alpha value is -1.20. The Kier molecular flexibility index (Phi) is 4.71. The van der Waals surface area contributed by atoms with E-state index in [1.807, 2.05) is 0 Å². The first-order valence-electron chi connectivity index (χ1n) is 6.60. The Labute approximate surface area is 116 Å². The second-order valence-electron chi connectivity index (χ2n) is 5.15. The lowest BCUT2D eigenvalue weighted by atomic mass is 10.0. The molecule has 0 saturated heterocycles. The Morgan fingerprint density at radius 1 is 1.47 bits per heavy atom. The van der Waals surface area contributed by atoms with Gasteiger partial charge in [-0.2, -0.15) is 0 Å². The van der Waals surface area contributed by atoms with E-state index in [1.54, 1.807) is 18.4 Å². The number of ether oxygens (including phenoxy) is 1. The van der Waals surface area contributed by atoms with Gasteiger partial charge in [-0.1, -0.05) is 13.8 Å². The zero-order valence-electron chi connectivity index (χ0n) is 11.7. The van der Waals surface area contributed by atoms with E-state index in [2.05, 4.69) is 29.2 Å². The number of nitrogens with one attached hydrogen (secondary N) is 1. The minimum atomic E-state index is -0.00526. The number of fused-ring (bicyclic) bond motifs is 1. The van der Waals surface area contributed by atoms with E-state index in [0.717, 1.165) is 40.9 Å². The van der Waals surface area contributed by atoms with Crippen LogP contribution in [0.3, 0.4) is 0 Å². The maximum Gasteiger partial charge on any atom is 0.259 e. The molecule has 0 aliphatic rings. The van der Waals surface area contributed by atoms with E-state index in [-0.39, 0.29) is 5.56 Å². The van der Waals surface area contributed by atoms with Gasteiger partial charge in [0, 0.05) is 20.1 Å². The third-order valence-electron chi connectivity index (χ3n) is 2.96. The summed E-state index contributed by atoms with van der Waals surface area (Å²) in [6.45, 7) is 5.00. The van der Waals surface area contributed by atoms with Crippen LogP contribution < -0.4 is 5.56 Å². The molecular weight excluding hydrogens is 260 g/mol. The van der Waals surface area contributed by atoms with Gasteiger partial charge in [0.25, 0.3) is 5.56 Å². The van der Waals surface area contributed by atoms with Crippen molar-refractivity contribution < 1.29 is 4.74 Å². The van der Waals surface area contributed by atoms with Crippen LogP contribution in [0.1, 0.15) is 31.7 Å². The Morgan fingerprint density at radius 3 is 2.95 bits per heavy atom. The number of methoxy groups -OCH3 is 1. The van der Waals surface area contributed by atoms with Gasteiger partial charge in [0.15, 0.2) is 0 Å². The van der Waals surface area contributed by atoms with Crippen molar-refractivity contribution >= 4 is 21.6 Å². The standard InChI is InChI=1S/C14H20N2O2S/c1-9(2)7-10-8-19-14-12(10)13(17)15-11(16-14)5-4-6-18-3/h8-9H,4-7H2,1-3H3,(H,15,16,17). The van der Waals surface area contributed by atoms with Gasteiger partial charge in [0.2, 0.25) is 0 Å². The summed E-state index contributed by atoms with van der Waals surface area (Å²) in [6.07, 6.45) is 2.54. The van der Waals surface area contributed by atoms with Crippen LogP contribution in [0.5, 0.6) is 0 Å². The monoisotopic (exact) mass is 280 g/mol. The van der Waals surface area contributed by atoms with Crippen LogP contribution in [-0.2, 0) is 17.6 Å². The van der Waals surface area contributed by atoms with Crippen molar-refractivity contribution in [2.75, 3.05) is 13.7 Å². The molecule has 0 radical (unpaired) electrons. The molecule has 5 heteroatoms. The van der Waals surface area contributed by atoms with Gasteiger partial charge in [0.1, 0.15) is 10.7 Å². The van der Waals surface area contributed by atoms with Crippen LogP contribution in [0.15, 0.2) is 10.2 Å². The quantitative estimate of drug-likeness (QED) is 0.828. The van der Waals surface area contributed by atoms with Gasteiger partial charge < -0.3 is 9.72 Å². The van der Waals surface area contributed by atoms with Crippen molar-refractivity contribution in [3.05, 3.63) is 27.1 Å². The van der Waals surface area contributed by atoms with E-state index in [0.29, 0.717) is 12.5 Å². The average Bonchev–Trinajstić information content (AvgIpc) is 2.72. The molecule has 0 atom stereocenters. The van der Waals surface area contributed by atoms with Gasteiger partial charge in [-0.25, -0.2) is 4.98 Å². The molecule has 0 aliphatic heterocycles. The molecule has 1 N–H and O–H groups in total. The fourth-order valence-corrected chi connectivity index (χ4v) is 3.12. The molecule has 2 heterocycles. The van der Waals surface area contributed by atoms with Gasteiger partial charge >= 0.3 is 0 Å². The first-order valence-corrected chi connectivity index (χ1v) is 7.48. The number of nitrogens with zero attached hydrogens (tertiary/aromatic N) is 1. The SMILES string of the molecule is COCCCc1nc2scc(CC(C)C)c2c(=O)[nH]1. The lowest BCUT2D eigenvalue weighted by Crippen LogP contribution is -2.13. The molecule has 0 aliphatic carbocycles. The number of hydrogen-bond acceptors (Lipinski definition) is 4. The summed E-state index contributed by atoms with van der Waals surface area (Å²) >= 11 is 1.56. The lowest BCUT2D eigenvalue weighted by molar-refractivity contribution is 0.194. The molecule has 104 valence electrons. The lowest BCUT2D eigenvalue weighted by Gasteiger charge is -2.03. The van der Waals surface area contributed by atoms with E-state index in [9.17, 15) is 4.79 Å². The normalized spacial score (nSPS) is 11.6. The Balaban J connectivity index is 2.30. The van der Waals surface area contributed by atoms with Crippen LogP contribution in [0.4, 0.5) is 0 Å². The zero-order chi connectivity index (χ0) is 13.8. The number of aromatic amines is 1. The molecule has 4 nitrogen and oxygen atoms in total. The second kappa shape index (κ2) is 6.30. The molecular formula is C14H20N2O2S. The van der Waals surface area contributed by atoms with Crippen LogP contribution in [0.2, 0.25) is 0 Å². The summed E-state index contributed by atoms with van der Waals surface area (Å²) in [4.78, 5) is 20.5. The molecule has 2 aromatic rings. The fraction of sp³-hybridized carbons (Fsp3) is 0.571. The van der Waals surface area contributed by atoms with Crippen molar-refractivity contribution in [1.29, 1.82) is 0 Å². The van der Waals surface area contributed by atoms with E-state index in [4.69, 9.17) is 4.74 Å². The van der Waals surface area contributed by atoms with E-state index in [1.165, 1.54) is 0 Å². The molecule has 2 aromatic heterocycles. The van der Waals surface area contributed by atoms with E-state index < -0.39 is 0 Å². The second-order valence-corrected chi connectivity index (χ2v) is 6.01. The number of aryl methyl sites for hydroxylation is 1. The summed E-state index contributed by atoms with van der Waals surface area (Å²) in [5.74, 6) is 1.30. The van der Waals surface area contributed by atoms with Gasteiger partial charge in [-0.15, -0.1) is 11.3 Å². The van der Waals surface area contributed by atoms with Crippen LogP contribution in [-0.4, -0.2) is 23.7 Å². The smallest absolute Gasteiger partial charge is 0.259 e. The summed E-state index contributed by atoms with van der Waals surface area (Å²) in [7, 11) is 1.68. The van der Waals surface area contributed by atoms with Gasteiger partial charge in [-0.05, 0) is 29.7 Å². The van der Waals surface area contributed by atoms with Gasteiger partial charge in [-0.3, -0.25) is 4.79 Å². The van der Waals surface area contributed by atoms with Crippen molar-refractivity contribution in [3.63, 3.8) is 0 Å². The number of rotatable bonds is 6. The molecule has 0 amide bonds. The molecule has 0 spiro atoms. The summed E-state index contributed by atoms with van der Waals surface area (Å²) in [5, 5.41) is 2.83. The van der Waals surface area contributed by atoms with Crippen molar-refractivity contribution in [1.82, 2.24) is 9.97 Å². The maximum atomic E-state index is 12.2. The fourth-order valence-electron chi connectivity index (χ4n) is 2.14. The van der Waals surface area contributed by atoms with Gasteiger partial charge in [0.05, 0.1) is 5.39 Å². The highest BCUT2D eigenvalue weighted by molar-refractivity contribution is 7.16. The summed E-state index contributed by atoms with van der Waals surface area (Å²) in [6, 6.07) is 0. The number of hydrogen-bond donors (Lipinski definition) is 1. The maximum absolute atomic E-state index is 12.2. The summed E-state index contributed by atoms with van der Waals surface area (Å²) in [5.41, 5.74) is 1.11. The molecule has 2 rings (SSSR count). The van der Waals surface area contributed by atoms with Crippen molar-refractivity contribution in [2.24, 2.45) is 5.92 Å². The van der Waals surface area contributed by atoms with Crippen molar-refractivity contribution in [2.45, 2.75) is 33.1 Å². The average molecular weight is 280 g/mol. The predicted molar refractivity (Wildman–Crippen MR) is 79.0 cm³/mol. The third kappa shape index (κ3) is 3.42. The van der Waals surface area contributed by atoms with Crippen LogP contribution >= 0.6 is 11.3 Å². The van der Waals surface area contributed by atoms with Crippen molar-refractivity contribution in [3.8, 4) is 0 Å². The highest BCUT2D eigenvalue weighted by Crippen LogP contribution is 2.23. The highest BCUT2D eigenvalue weighted by atomic mass is 32.1. The minimum Gasteiger partial charge on any atom is -0.385 e. The Bertz CT molecular complexity index is 601. The number of H-pyrrole nitrogens is 1. The predicted octanol–water partition coefficient (Wildman–Crippen LogP) is 2.76. The molecule has 0 fully saturated rings. The largest absolute Gasteiger partial charge is 0.385 e. The molecule has 0 unspecified atom stereocenters. The van der Waals surface area contributed by atoms with Crippen LogP contribution in [0.25, 0.3) is 10.2 Å². The first kappa shape index (κ1) is 14.2. The Morgan fingerprint density at radius 2 is 2.26 bits per heavy atom. The van der Waals surface area contributed by atoms with Crippen LogP contribution in [0, 0.1) is 5.92 Å². The summed E-state index contributed by atoms with van der Waals surface area (Å²) < 4.78 is 5.01. The molecule has 0 bridgehead atoms.